The lowest BCUT2D eigenvalue weighted by Crippen LogP contribution is -2.47. The van der Waals surface area contributed by atoms with Crippen molar-refractivity contribution in [1.29, 1.82) is 5.26 Å². The van der Waals surface area contributed by atoms with E-state index in [9.17, 15) is 4.79 Å². The van der Waals surface area contributed by atoms with Crippen molar-refractivity contribution in [2.75, 3.05) is 18.5 Å². The number of carbonyl (C=O) groups is 1. The summed E-state index contributed by atoms with van der Waals surface area (Å²) in [5.74, 6) is 0.0967. The molecule has 0 radical (unpaired) electrons. The molecule has 1 aliphatic rings. The second-order valence-electron chi connectivity index (χ2n) is 4.56. The van der Waals surface area contributed by atoms with E-state index >= 15 is 0 Å². The maximum atomic E-state index is 12.3. The molecule has 18 heavy (non-hydrogen) atoms. The van der Waals surface area contributed by atoms with Crippen molar-refractivity contribution in [3.8, 4) is 6.07 Å². The summed E-state index contributed by atoms with van der Waals surface area (Å²) in [7, 11) is 1.78. The van der Waals surface area contributed by atoms with E-state index in [1.165, 1.54) is 0 Å². The lowest BCUT2D eigenvalue weighted by atomic mass is 10.0. The van der Waals surface area contributed by atoms with E-state index in [4.69, 9.17) is 5.26 Å². The van der Waals surface area contributed by atoms with Gasteiger partial charge in [0, 0.05) is 12.7 Å². The van der Waals surface area contributed by atoms with Crippen molar-refractivity contribution in [2.24, 2.45) is 0 Å². The molecule has 4 nitrogen and oxygen atoms in total. The van der Waals surface area contributed by atoms with Crippen molar-refractivity contribution in [3.63, 3.8) is 0 Å². The smallest absolute Gasteiger partial charge is 0.243 e. The largest absolute Gasteiger partial charge is 0.314 e. The molecule has 0 bridgehead atoms. The van der Waals surface area contributed by atoms with Gasteiger partial charge in [0.2, 0.25) is 5.91 Å². The van der Waals surface area contributed by atoms with Crippen molar-refractivity contribution in [3.05, 3.63) is 29.8 Å². The highest BCUT2D eigenvalue weighted by Gasteiger charge is 2.24. The average molecular weight is 243 g/mol. The second-order valence-corrected chi connectivity index (χ2v) is 4.56. The maximum Gasteiger partial charge on any atom is 0.243 e. The van der Waals surface area contributed by atoms with Gasteiger partial charge >= 0.3 is 0 Å². The van der Waals surface area contributed by atoms with Gasteiger partial charge in [0.05, 0.1) is 17.7 Å². The second kappa shape index (κ2) is 5.65. The fourth-order valence-corrected chi connectivity index (χ4v) is 2.18. The summed E-state index contributed by atoms with van der Waals surface area (Å²) < 4.78 is 0. The minimum Gasteiger partial charge on any atom is -0.314 e. The third-order valence-electron chi connectivity index (χ3n) is 3.32. The summed E-state index contributed by atoms with van der Waals surface area (Å²) in [5, 5.41) is 12.0. The van der Waals surface area contributed by atoms with Crippen LogP contribution in [0.25, 0.3) is 0 Å². The maximum absolute atomic E-state index is 12.3. The van der Waals surface area contributed by atoms with Crippen molar-refractivity contribution in [1.82, 2.24) is 5.32 Å². The van der Waals surface area contributed by atoms with E-state index in [1.807, 2.05) is 0 Å². The Hall–Kier alpha value is -1.86. The average Bonchev–Trinajstić information content (AvgIpc) is 2.47. The molecule has 1 heterocycles. The van der Waals surface area contributed by atoms with Gasteiger partial charge in [0.15, 0.2) is 0 Å². The van der Waals surface area contributed by atoms with Gasteiger partial charge in [-0.25, -0.2) is 0 Å². The number of hydrogen-bond acceptors (Lipinski definition) is 3. The summed E-state index contributed by atoms with van der Waals surface area (Å²) in [6.07, 6.45) is 3.15. The highest BCUT2D eigenvalue weighted by Crippen LogP contribution is 2.17. The van der Waals surface area contributed by atoms with E-state index < -0.39 is 0 Å². The molecule has 2 rings (SSSR count). The van der Waals surface area contributed by atoms with Crippen molar-refractivity contribution in [2.45, 2.75) is 25.3 Å². The normalized spacial score (nSPS) is 19.0. The van der Waals surface area contributed by atoms with Crippen LogP contribution in [0.5, 0.6) is 0 Å². The predicted octanol–water partition coefficient (Wildman–Crippen LogP) is 1.66. The lowest BCUT2D eigenvalue weighted by Gasteiger charge is -2.27. The molecule has 1 saturated heterocycles. The van der Waals surface area contributed by atoms with Crippen LogP contribution in [0.15, 0.2) is 24.3 Å². The summed E-state index contributed by atoms with van der Waals surface area (Å²) in [6.45, 7) is 0.914. The Balaban J connectivity index is 2.07. The van der Waals surface area contributed by atoms with E-state index in [2.05, 4.69) is 11.4 Å². The fourth-order valence-electron chi connectivity index (χ4n) is 2.18. The first-order chi connectivity index (χ1) is 8.72. The quantitative estimate of drug-likeness (QED) is 0.859. The van der Waals surface area contributed by atoms with E-state index in [0.717, 1.165) is 31.5 Å². The Kier molecular flexibility index (Phi) is 3.96. The number of nitriles is 1. The van der Waals surface area contributed by atoms with Crippen LogP contribution in [-0.2, 0) is 4.79 Å². The van der Waals surface area contributed by atoms with Gasteiger partial charge in [-0.3, -0.25) is 4.79 Å². The van der Waals surface area contributed by atoms with Gasteiger partial charge in [-0.2, -0.15) is 5.26 Å². The molecule has 0 aliphatic carbocycles. The Bertz CT molecular complexity index is 455. The molecule has 0 aromatic heterocycles. The van der Waals surface area contributed by atoms with Gasteiger partial charge in [0.25, 0.3) is 0 Å². The third kappa shape index (κ3) is 2.69. The van der Waals surface area contributed by atoms with Gasteiger partial charge in [0.1, 0.15) is 0 Å². The van der Waals surface area contributed by atoms with Crippen LogP contribution in [-0.4, -0.2) is 25.5 Å². The summed E-state index contributed by atoms with van der Waals surface area (Å²) in [5.41, 5.74) is 1.43. The van der Waals surface area contributed by atoms with Crippen LogP contribution in [0.3, 0.4) is 0 Å². The molecule has 1 N–H and O–H groups in total. The number of anilines is 1. The van der Waals surface area contributed by atoms with Crippen molar-refractivity contribution >= 4 is 11.6 Å². The first kappa shape index (κ1) is 12.6. The molecule has 0 saturated carbocycles. The minimum absolute atomic E-state index is 0.0700. The fraction of sp³-hybridized carbons (Fsp3) is 0.429. The van der Waals surface area contributed by atoms with Crippen LogP contribution in [0.1, 0.15) is 24.8 Å². The topological polar surface area (TPSA) is 56.1 Å². The van der Waals surface area contributed by atoms with Crippen LogP contribution < -0.4 is 10.2 Å². The minimum atomic E-state index is -0.0700. The van der Waals surface area contributed by atoms with Crippen LogP contribution in [0.4, 0.5) is 5.69 Å². The number of hydrogen-bond donors (Lipinski definition) is 1. The molecule has 1 aromatic rings. The first-order valence-corrected chi connectivity index (χ1v) is 6.23. The summed E-state index contributed by atoms with van der Waals surface area (Å²) in [6, 6.07) is 9.07. The molecule has 0 spiro atoms. The zero-order valence-corrected chi connectivity index (χ0v) is 10.5. The molecule has 1 aromatic carbocycles. The predicted molar refractivity (Wildman–Crippen MR) is 70.2 cm³/mol. The number of likely N-dealkylation sites (N-methyl/N-ethyl adjacent to an activating group) is 1. The Labute approximate surface area is 107 Å². The van der Waals surface area contributed by atoms with E-state index in [0.29, 0.717) is 5.56 Å². The zero-order chi connectivity index (χ0) is 13.0. The molecule has 0 unspecified atom stereocenters. The first-order valence-electron chi connectivity index (χ1n) is 6.23. The highest BCUT2D eigenvalue weighted by molar-refractivity contribution is 5.96. The molecular formula is C14H17N3O. The van der Waals surface area contributed by atoms with Gasteiger partial charge in [-0.05, 0) is 43.7 Å². The van der Waals surface area contributed by atoms with Gasteiger partial charge in [-0.15, -0.1) is 0 Å². The van der Waals surface area contributed by atoms with Crippen molar-refractivity contribution < 1.29 is 4.79 Å². The monoisotopic (exact) mass is 243 g/mol. The van der Waals surface area contributed by atoms with Crippen LogP contribution in [0.2, 0.25) is 0 Å². The number of piperidine rings is 1. The van der Waals surface area contributed by atoms with E-state index in [-0.39, 0.29) is 11.9 Å². The Morgan fingerprint density at radius 3 is 2.67 bits per heavy atom. The SMILES string of the molecule is CN(C(=O)[C@@H]1CCCCN1)c1ccc(C#N)cc1. The third-order valence-corrected chi connectivity index (χ3v) is 3.32. The number of benzene rings is 1. The molecule has 94 valence electrons. The highest BCUT2D eigenvalue weighted by atomic mass is 16.2. The number of rotatable bonds is 2. The summed E-state index contributed by atoms with van der Waals surface area (Å²) >= 11 is 0. The molecule has 1 fully saturated rings. The lowest BCUT2D eigenvalue weighted by molar-refractivity contribution is -0.120. The van der Waals surface area contributed by atoms with Crippen LogP contribution >= 0.6 is 0 Å². The zero-order valence-electron chi connectivity index (χ0n) is 10.5. The number of amides is 1. The molecule has 1 aliphatic heterocycles. The molecular weight excluding hydrogens is 226 g/mol. The van der Waals surface area contributed by atoms with E-state index in [1.54, 1.807) is 36.2 Å². The Morgan fingerprint density at radius 1 is 1.39 bits per heavy atom. The number of nitrogens with zero attached hydrogens (tertiary/aromatic N) is 2. The van der Waals surface area contributed by atoms with Gasteiger partial charge < -0.3 is 10.2 Å². The van der Waals surface area contributed by atoms with Gasteiger partial charge in [-0.1, -0.05) is 6.42 Å². The number of carbonyl (C=O) groups excluding carboxylic acids is 1. The summed E-state index contributed by atoms with van der Waals surface area (Å²) in [4.78, 5) is 13.9. The van der Waals surface area contributed by atoms with Crippen LogP contribution in [0, 0.1) is 11.3 Å². The molecule has 1 amide bonds. The number of nitrogens with one attached hydrogen (secondary N) is 1. The molecule has 1 atom stereocenters. The standard InChI is InChI=1S/C14H17N3O/c1-17(12-7-5-11(10-15)6-8-12)14(18)13-4-2-3-9-16-13/h5-8,13,16H,2-4,9H2,1H3/t13-/m0/s1. The molecule has 4 heteroatoms. The Morgan fingerprint density at radius 2 is 2.11 bits per heavy atom.